The number of unbranched alkanes of at least 4 members (excludes halogenated alkanes) is 3. The molecule has 0 aliphatic rings. The summed E-state index contributed by atoms with van der Waals surface area (Å²) in [6.45, 7) is 1.92. The third kappa shape index (κ3) is 4.91. The minimum absolute atomic E-state index is 0.872. The lowest BCUT2D eigenvalue weighted by molar-refractivity contribution is 0.711. The van der Waals surface area contributed by atoms with E-state index in [1.165, 1.54) is 25.7 Å². The molecule has 0 spiro atoms. The standard InChI is InChI=1S/C9H17N3S2/c1-8-10-9(12-11-8)14-7-5-3-2-4-6-13/h13H,2-7H2,1H3,(H,10,11,12). The number of thiol groups is 1. The fourth-order valence-corrected chi connectivity index (χ4v) is 2.18. The zero-order valence-electron chi connectivity index (χ0n) is 8.49. The second kappa shape index (κ2) is 7.17. The van der Waals surface area contributed by atoms with Gasteiger partial charge in [-0.25, -0.2) is 4.98 Å². The van der Waals surface area contributed by atoms with Crippen LogP contribution in [-0.4, -0.2) is 26.7 Å². The molecule has 0 atom stereocenters. The van der Waals surface area contributed by atoms with E-state index in [1.54, 1.807) is 11.8 Å². The first-order valence-corrected chi connectivity index (χ1v) is 6.57. The SMILES string of the molecule is Cc1nc(SCCCCCCS)n[nH]1. The summed E-state index contributed by atoms with van der Waals surface area (Å²) >= 11 is 5.90. The van der Waals surface area contributed by atoms with Gasteiger partial charge in [-0.05, 0) is 25.5 Å². The van der Waals surface area contributed by atoms with Crippen LogP contribution in [0.4, 0.5) is 0 Å². The Bertz CT molecular complexity index is 250. The summed E-state index contributed by atoms with van der Waals surface area (Å²) < 4.78 is 0. The molecule has 1 aromatic heterocycles. The third-order valence-corrected chi connectivity index (χ3v) is 3.11. The van der Waals surface area contributed by atoms with Gasteiger partial charge in [0, 0.05) is 5.75 Å². The monoisotopic (exact) mass is 231 g/mol. The topological polar surface area (TPSA) is 41.6 Å². The molecule has 0 radical (unpaired) electrons. The molecule has 0 aliphatic heterocycles. The zero-order chi connectivity index (χ0) is 10.2. The van der Waals surface area contributed by atoms with Crippen LogP contribution in [0.2, 0.25) is 0 Å². The van der Waals surface area contributed by atoms with Crippen LogP contribution in [0.25, 0.3) is 0 Å². The molecular formula is C9H17N3S2. The molecule has 0 unspecified atom stereocenters. The van der Waals surface area contributed by atoms with E-state index in [4.69, 9.17) is 0 Å². The molecule has 0 aromatic carbocycles. The van der Waals surface area contributed by atoms with Gasteiger partial charge in [0.1, 0.15) is 5.82 Å². The Kier molecular flexibility index (Phi) is 6.10. The van der Waals surface area contributed by atoms with E-state index < -0.39 is 0 Å². The zero-order valence-corrected chi connectivity index (χ0v) is 10.2. The number of aromatic nitrogens is 3. The number of H-pyrrole nitrogens is 1. The highest BCUT2D eigenvalue weighted by Crippen LogP contribution is 2.14. The molecule has 0 fully saturated rings. The highest BCUT2D eigenvalue weighted by atomic mass is 32.2. The van der Waals surface area contributed by atoms with E-state index in [2.05, 4.69) is 27.8 Å². The first kappa shape index (κ1) is 11.9. The number of hydrogen-bond donors (Lipinski definition) is 2. The fourth-order valence-electron chi connectivity index (χ4n) is 1.12. The van der Waals surface area contributed by atoms with E-state index in [1.807, 2.05) is 6.92 Å². The minimum atomic E-state index is 0.872. The number of hydrogen-bond acceptors (Lipinski definition) is 4. The van der Waals surface area contributed by atoms with Gasteiger partial charge in [-0.1, -0.05) is 24.6 Å². The summed E-state index contributed by atoms with van der Waals surface area (Å²) in [5.41, 5.74) is 0. The molecule has 0 bridgehead atoms. The lowest BCUT2D eigenvalue weighted by Gasteiger charge is -1.97. The van der Waals surface area contributed by atoms with Crippen LogP contribution in [0.1, 0.15) is 31.5 Å². The maximum Gasteiger partial charge on any atom is 0.208 e. The Labute approximate surface area is 94.9 Å². The number of thioether (sulfide) groups is 1. The van der Waals surface area contributed by atoms with Crippen molar-refractivity contribution in [2.24, 2.45) is 0 Å². The summed E-state index contributed by atoms with van der Waals surface area (Å²) in [6, 6.07) is 0. The first-order chi connectivity index (χ1) is 6.83. The van der Waals surface area contributed by atoms with E-state index >= 15 is 0 Å². The molecule has 5 heteroatoms. The van der Waals surface area contributed by atoms with Crippen molar-refractivity contribution < 1.29 is 0 Å². The second-order valence-corrected chi connectivity index (χ2v) is 4.70. The van der Waals surface area contributed by atoms with Crippen LogP contribution in [0, 0.1) is 6.92 Å². The molecule has 14 heavy (non-hydrogen) atoms. The van der Waals surface area contributed by atoms with Gasteiger partial charge in [-0.15, -0.1) is 5.10 Å². The summed E-state index contributed by atoms with van der Waals surface area (Å²) in [4.78, 5) is 4.23. The lowest BCUT2D eigenvalue weighted by atomic mass is 10.2. The number of aryl methyl sites for hydroxylation is 1. The van der Waals surface area contributed by atoms with Crippen molar-refractivity contribution in [2.45, 2.75) is 37.8 Å². The van der Waals surface area contributed by atoms with Gasteiger partial charge in [0.05, 0.1) is 0 Å². The molecule has 0 aliphatic carbocycles. The van der Waals surface area contributed by atoms with Gasteiger partial charge < -0.3 is 0 Å². The molecule has 0 saturated heterocycles. The molecule has 1 N–H and O–H groups in total. The highest BCUT2D eigenvalue weighted by Gasteiger charge is 1.99. The van der Waals surface area contributed by atoms with E-state index in [-0.39, 0.29) is 0 Å². The summed E-state index contributed by atoms with van der Waals surface area (Å²) in [7, 11) is 0. The Morgan fingerprint density at radius 2 is 2.07 bits per heavy atom. The molecule has 3 nitrogen and oxygen atoms in total. The second-order valence-electron chi connectivity index (χ2n) is 3.19. The molecule has 1 rings (SSSR count). The van der Waals surface area contributed by atoms with Crippen molar-refractivity contribution in [1.29, 1.82) is 0 Å². The maximum atomic E-state index is 4.23. The predicted molar refractivity (Wildman–Crippen MR) is 64.2 cm³/mol. The molecular weight excluding hydrogens is 214 g/mol. The predicted octanol–water partition coefficient (Wildman–Crippen LogP) is 2.70. The van der Waals surface area contributed by atoms with Crippen LogP contribution in [-0.2, 0) is 0 Å². The lowest BCUT2D eigenvalue weighted by Crippen LogP contribution is -1.84. The third-order valence-electron chi connectivity index (χ3n) is 1.86. The van der Waals surface area contributed by atoms with Gasteiger partial charge in [0.2, 0.25) is 5.16 Å². The molecule has 1 aromatic rings. The average Bonchev–Trinajstić information content (AvgIpc) is 2.58. The molecule has 0 saturated carbocycles. The fraction of sp³-hybridized carbons (Fsp3) is 0.778. The van der Waals surface area contributed by atoms with Crippen molar-refractivity contribution in [1.82, 2.24) is 15.2 Å². The quantitative estimate of drug-likeness (QED) is 0.431. The number of aromatic amines is 1. The molecule has 80 valence electrons. The summed E-state index contributed by atoms with van der Waals surface area (Å²) in [6.07, 6.45) is 5.05. The summed E-state index contributed by atoms with van der Waals surface area (Å²) in [5.74, 6) is 3.01. The van der Waals surface area contributed by atoms with Crippen LogP contribution >= 0.6 is 24.4 Å². The Balaban J connectivity index is 1.99. The maximum absolute atomic E-state index is 4.23. The van der Waals surface area contributed by atoms with E-state index in [0.717, 1.165) is 22.5 Å². The molecule has 0 amide bonds. The van der Waals surface area contributed by atoms with Crippen molar-refractivity contribution in [3.05, 3.63) is 5.82 Å². The van der Waals surface area contributed by atoms with E-state index in [9.17, 15) is 0 Å². The largest absolute Gasteiger partial charge is 0.262 e. The summed E-state index contributed by atoms with van der Waals surface area (Å²) in [5, 5.41) is 7.77. The van der Waals surface area contributed by atoms with Crippen LogP contribution < -0.4 is 0 Å². The number of nitrogens with zero attached hydrogens (tertiary/aromatic N) is 2. The average molecular weight is 231 g/mol. The minimum Gasteiger partial charge on any atom is -0.262 e. The van der Waals surface area contributed by atoms with Crippen LogP contribution in [0.15, 0.2) is 5.16 Å². The Hall–Kier alpha value is -0.160. The number of rotatable bonds is 7. The van der Waals surface area contributed by atoms with Gasteiger partial charge >= 0.3 is 0 Å². The van der Waals surface area contributed by atoms with Gasteiger partial charge in [-0.3, -0.25) is 5.10 Å². The van der Waals surface area contributed by atoms with Crippen molar-refractivity contribution >= 4 is 24.4 Å². The Morgan fingerprint density at radius 1 is 1.29 bits per heavy atom. The van der Waals surface area contributed by atoms with Crippen molar-refractivity contribution in [3.8, 4) is 0 Å². The van der Waals surface area contributed by atoms with Crippen LogP contribution in [0.3, 0.4) is 0 Å². The van der Waals surface area contributed by atoms with Crippen LogP contribution in [0.5, 0.6) is 0 Å². The first-order valence-electron chi connectivity index (χ1n) is 4.95. The molecule has 1 heterocycles. The Morgan fingerprint density at radius 3 is 2.71 bits per heavy atom. The normalized spacial score (nSPS) is 10.7. The van der Waals surface area contributed by atoms with Gasteiger partial charge in [0.15, 0.2) is 0 Å². The smallest absolute Gasteiger partial charge is 0.208 e. The van der Waals surface area contributed by atoms with E-state index in [0.29, 0.717) is 0 Å². The number of nitrogens with one attached hydrogen (secondary N) is 1. The van der Waals surface area contributed by atoms with Crippen molar-refractivity contribution in [3.63, 3.8) is 0 Å². The van der Waals surface area contributed by atoms with Gasteiger partial charge in [-0.2, -0.15) is 12.6 Å². The highest BCUT2D eigenvalue weighted by molar-refractivity contribution is 7.99. The van der Waals surface area contributed by atoms with Gasteiger partial charge in [0.25, 0.3) is 0 Å². The van der Waals surface area contributed by atoms with Crippen molar-refractivity contribution in [2.75, 3.05) is 11.5 Å².